The molecule has 1 aromatic heterocycles. The van der Waals surface area contributed by atoms with Gasteiger partial charge in [0.25, 0.3) is 0 Å². The molecule has 0 spiro atoms. The van der Waals surface area contributed by atoms with Crippen LogP contribution in [0, 0.1) is 17.0 Å². The van der Waals surface area contributed by atoms with Gasteiger partial charge < -0.3 is 15.4 Å². The standard InChI is InChI=1S/C10H16N4O3/c1-4-8(10(15)11-5-2)13-7(3)6-9(12-13)14(16)17/h6,8H,4-5H2,1-3H3,(H,11,15). The van der Waals surface area contributed by atoms with Crippen LogP contribution in [0.5, 0.6) is 0 Å². The van der Waals surface area contributed by atoms with E-state index in [0.717, 1.165) is 0 Å². The second-order valence-electron chi connectivity index (χ2n) is 3.66. The van der Waals surface area contributed by atoms with Crippen LogP contribution in [0.15, 0.2) is 6.07 Å². The quantitative estimate of drug-likeness (QED) is 0.618. The van der Waals surface area contributed by atoms with Crippen molar-refractivity contribution in [1.82, 2.24) is 15.1 Å². The normalized spacial score (nSPS) is 12.2. The number of rotatable bonds is 5. The van der Waals surface area contributed by atoms with E-state index in [-0.39, 0.29) is 11.7 Å². The van der Waals surface area contributed by atoms with Gasteiger partial charge in [-0.3, -0.25) is 4.79 Å². The Morgan fingerprint density at radius 2 is 2.29 bits per heavy atom. The van der Waals surface area contributed by atoms with Gasteiger partial charge in [-0.1, -0.05) is 6.92 Å². The highest BCUT2D eigenvalue weighted by Crippen LogP contribution is 2.18. The molecule has 0 fully saturated rings. The Morgan fingerprint density at radius 3 is 2.71 bits per heavy atom. The predicted molar refractivity (Wildman–Crippen MR) is 61.6 cm³/mol. The van der Waals surface area contributed by atoms with Crippen LogP contribution < -0.4 is 5.32 Å². The summed E-state index contributed by atoms with van der Waals surface area (Å²) in [6.07, 6.45) is 0.533. The SMILES string of the molecule is CCNC(=O)C(CC)n1nc([N+](=O)[O-])cc1C. The van der Waals surface area contributed by atoms with Crippen molar-refractivity contribution in [3.05, 3.63) is 21.9 Å². The predicted octanol–water partition coefficient (Wildman–Crippen LogP) is 1.19. The molecular weight excluding hydrogens is 224 g/mol. The fourth-order valence-corrected chi connectivity index (χ4v) is 1.64. The summed E-state index contributed by atoms with van der Waals surface area (Å²) in [5.74, 6) is -0.402. The van der Waals surface area contributed by atoms with Crippen molar-refractivity contribution < 1.29 is 9.72 Å². The van der Waals surface area contributed by atoms with Crippen LogP contribution in [-0.4, -0.2) is 27.2 Å². The highest BCUT2D eigenvalue weighted by atomic mass is 16.6. The van der Waals surface area contributed by atoms with Crippen molar-refractivity contribution in [2.45, 2.75) is 33.2 Å². The number of carbonyl (C=O) groups is 1. The summed E-state index contributed by atoms with van der Waals surface area (Å²) in [4.78, 5) is 21.8. The van der Waals surface area contributed by atoms with Gasteiger partial charge in [-0.25, -0.2) is 0 Å². The lowest BCUT2D eigenvalue weighted by atomic mass is 10.2. The van der Waals surface area contributed by atoms with Crippen molar-refractivity contribution in [3.8, 4) is 0 Å². The first-order chi connectivity index (χ1) is 8.01. The first-order valence-corrected chi connectivity index (χ1v) is 5.49. The molecule has 0 bridgehead atoms. The number of amides is 1. The van der Waals surface area contributed by atoms with Gasteiger partial charge in [-0.05, 0) is 25.2 Å². The number of likely N-dealkylation sites (N-methyl/N-ethyl adjacent to an activating group) is 1. The van der Waals surface area contributed by atoms with E-state index in [1.54, 1.807) is 6.92 Å². The highest BCUT2D eigenvalue weighted by Gasteiger charge is 2.26. The van der Waals surface area contributed by atoms with Crippen molar-refractivity contribution >= 4 is 11.7 Å². The number of nitrogens with one attached hydrogen (secondary N) is 1. The Hall–Kier alpha value is -1.92. The van der Waals surface area contributed by atoms with Gasteiger partial charge in [0, 0.05) is 6.54 Å². The topological polar surface area (TPSA) is 90.1 Å². The lowest BCUT2D eigenvalue weighted by molar-refractivity contribution is -0.389. The van der Waals surface area contributed by atoms with E-state index in [9.17, 15) is 14.9 Å². The largest absolute Gasteiger partial charge is 0.390 e. The summed E-state index contributed by atoms with van der Waals surface area (Å²) in [6, 6.07) is 0.866. The van der Waals surface area contributed by atoms with Gasteiger partial charge in [-0.15, -0.1) is 0 Å². The maximum Gasteiger partial charge on any atom is 0.390 e. The van der Waals surface area contributed by atoms with Gasteiger partial charge in [-0.2, -0.15) is 4.68 Å². The molecule has 1 amide bonds. The van der Waals surface area contributed by atoms with Gasteiger partial charge in [0.1, 0.15) is 0 Å². The van der Waals surface area contributed by atoms with E-state index < -0.39 is 11.0 Å². The summed E-state index contributed by atoms with van der Waals surface area (Å²) in [7, 11) is 0. The van der Waals surface area contributed by atoms with Crippen LogP contribution >= 0.6 is 0 Å². The zero-order valence-electron chi connectivity index (χ0n) is 10.1. The van der Waals surface area contributed by atoms with Crippen LogP contribution in [0.2, 0.25) is 0 Å². The lowest BCUT2D eigenvalue weighted by Crippen LogP contribution is -2.33. The average Bonchev–Trinajstić information content (AvgIpc) is 2.63. The Bertz CT molecular complexity index is 427. The molecule has 0 aliphatic rings. The van der Waals surface area contributed by atoms with Crippen molar-refractivity contribution in [2.75, 3.05) is 6.54 Å². The lowest BCUT2D eigenvalue weighted by Gasteiger charge is -2.12. The molecule has 7 nitrogen and oxygen atoms in total. The van der Waals surface area contributed by atoms with E-state index in [4.69, 9.17) is 0 Å². The first-order valence-electron chi connectivity index (χ1n) is 5.49. The zero-order chi connectivity index (χ0) is 13.0. The van der Waals surface area contributed by atoms with E-state index in [1.807, 2.05) is 13.8 Å². The third kappa shape index (κ3) is 2.80. The molecule has 1 heterocycles. The molecule has 1 aromatic rings. The third-order valence-corrected chi connectivity index (χ3v) is 2.43. The fourth-order valence-electron chi connectivity index (χ4n) is 1.64. The molecule has 1 N–H and O–H groups in total. The van der Waals surface area contributed by atoms with E-state index in [2.05, 4.69) is 10.4 Å². The Kier molecular flexibility index (Phi) is 4.19. The average molecular weight is 240 g/mol. The molecule has 1 unspecified atom stereocenters. The molecule has 1 atom stereocenters. The van der Waals surface area contributed by atoms with E-state index >= 15 is 0 Å². The van der Waals surface area contributed by atoms with Crippen molar-refractivity contribution in [3.63, 3.8) is 0 Å². The maximum absolute atomic E-state index is 11.8. The molecule has 1 rings (SSSR count). The van der Waals surface area contributed by atoms with Gasteiger partial charge in [0.2, 0.25) is 5.91 Å². The maximum atomic E-state index is 11.8. The monoisotopic (exact) mass is 240 g/mol. The van der Waals surface area contributed by atoms with Gasteiger partial charge in [0.05, 0.1) is 16.9 Å². The number of nitro groups is 1. The number of aromatic nitrogens is 2. The summed E-state index contributed by atoms with van der Waals surface area (Å²) < 4.78 is 1.41. The molecular formula is C10H16N4O3. The molecule has 17 heavy (non-hydrogen) atoms. The molecule has 0 aromatic carbocycles. The first kappa shape index (κ1) is 13.1. The van der Waals surface area contributed by atoms with Crippen LogP contribution in [0.1, 0.15) is 32.0 Å². The number of aryl methyl sites for hydroxylation is 1. The summed E-state index contributed by atoms with van der Waals surface area (Å²) >= 11 is 0. The van der Waals surface area contributed by atoms with Gasteiger partial charge >= 0.3 is 5.82 Å². The highest BCUT2D eigenvalue weighted by molar-refractivity contribution is 5.80. The molecule has 0 saturated carbocycles. The molecule has 94 valence electrons. The molecule has 0 radical (unpaired) electrons. The summed E-state index contributed by atoms with van der Waals surface area (Å²) in [5, 5.41) is 17.1. The van der Waals surface area contributed by atoms with Crippen molar-refractivity contribution in [2.24, 2.45) is 0 Å². The van der Waals surface area contributed by atoms with E-state index in [0.29, 0.717) is 18.7 Å². The number of carbonyl (C=O) groups excluding carboxylic acids is 1. The van der Waals surface area contributed by atoms with Crippen LogP contribution in [0.25, 0.3) is 0 Å². The minimum absolute atomic E-state index is 0.170. The fraction of sp³-hybridized carbons (Fsp3) is 0.600. The number of hydrogen-bond donors (Lipinski definition) is 1. The van der Waals surface area contributed by atoms with Gasteiger partial charge in [0.15, 0.2) is 6.04 Å². The molecule has 0 aliphatic carbocycles. The number of hydrogen-bond acceptors (Lipinski definition) is 4. The second kappa shape index (κ2) is 5.42. The summed E-state index contributed by atoms with van der Waals surface area (Å²) in [5.41, 5.74) is 0.606. The summed E-state index contributed by atoms with van der Waals surface area (Å²) in [6.45, 7) is 5.88. The molecule has 7 heteroatoms. The third-order valence-electron chi connectivity index (χ3n) is 2.43. The second-order valence-corrected chi connectivity index (χ2v) is 3.66. The molecule has 0 aliphatic heterocycles. The van der Waals surface area contributed by atoms with Crippen LogP contribution in [0.4, 0.5) is 5.82 Å². The minimum Gasteiger partial charge on any atom is -0.358 e. The molecule has 0 saturated heterocycles. The smallest absolute Gasteiger partial charge is 0.358 e. The van der Waals surface area contributed by atoms with Crippen LogP contribution in [0.3, 0.4) is 0 Å². The van der Waals surface area contributed by atoms with Crippen LogP contribution in [-0.2, 0) is 4.79 Å². The van der Waals surface area contributed by atoms with E-state index in [1.165, 1.54) is 10.7 Å². The van der Waals surface area contributed by atoms with Crippen molar-refractivity contribution in [1.29, 1.82) is 0 Å². The Labute approximate surface area is 99.0 Å². The number of nitrogens with zero attached hydrogens (tertiary/aromatic N) is 3. The Morgan fingerprint density at radius 1 is 1.65 bits per heavy atom. The Balaban J connectivity index is 3.03. The zero-order valence-corrected chi connectivity index (χ0v) is 10.1. The minimum atomic E-state index is -0.562.